The summed E-state index contributed by atoms with van der Waals surface area (Å²) >= 11 is 5.83. The minimum atomic E-state index is -0.473. The minimum absolute atomic E-state index is 0.0409. The third-order valence-electron chi connectivity index (χ3n) is 3.66. The van der Waals surface area contributed by atoms with E-state index in [1.54, 1.807) is 18.3 Å². The monoisotopic (exact) mass is 351 g/mol. The van der Waals surface area contributed by atoms with Crippen LogP contribution >= 0.6 is 11.6 Å². The lowest BCUT2D eigenvalue weighted by Crippen LogP contribution is -1.92. The molecule has 0 N–H and O–H groups in total. The molecule has 0 aliphatic carbocycles. The summed E-state index contributed by atoms with van der Waals surface area (Å²) in [6, 6.07) is 15.6. The van der Waals surface area contributed by atoms with Gasteiger partial charge >= 0.3 is 0 Å². The van der Waals surface area contributed by atoms with Crippen molar-refractivity contribution in [1.82, 2.24) is 15.0 Å². The van der Waals surface area contributed by atoms with Crippen molar-refractivity contribution in [2.45, 2.75) is 0 Å². The fourth-order valence-corrected chi connectivity index (χ4v) is 2.62. The van der Waals surface area contributed by atoms with E-state index in [9.17, 15) is 4.39 Å². The maximum Gasteiger partial charge on any atom is 0.222 e. The fourth-order valence-electron chi connectivity index (χ4n) is 2.44. The van der Waals surface area contributed by atoms with Gasteiger partial charge in [-0.05, 0) is 36.4 Å². The van der Waals surface area contributed by atoms with Crippen molar-refractivity contribution in [2.24, 2.45) is 0 Å². The molecule has 0 aliphatic heterocycles. The molecule has 2 aromatic carbocycles. The van der Waals surface area contributed by atoms with Crippen LogP contribution in [0.1, 0.15) is 0 Å². The summed E-state index contributed by atoms with van der Waals surface area (Å²) in [6.07, 6.45) is 3.12. The molecule has 0 unspecified atom stereocenters. The summed E-state index contributed by atoms with van der Waals surface area (Å²) < 4.78 is 19.1. The van der Waals surface area contributed by atoms with E-state index in [0.29, 0.717) is 22.9 Å². The summed E-state index contributed by atoms with van der Waals surface area (Å²) in [5.74, 6) is 0.522. The first-order valence-corrected chi connectivity index (χ1v) is 7.87. The Morgan fingerprint density at radius 2 is 1.84 bits per heavy atom. The zero-order chi connectivity index (χ0) is 17.2. The molecule has 6 heteroatoms. The Morgan fingerprint density at radius 1 is 0.920 bits per heavy atom. The molecule has 0 spiro atoms. The maximum atomic E-state index is 13.3. The van der Waals surface area contributed by atoms with Crippen LogP contribution in [-0.4, -0.2) is 15.0 Å². The van der Waals surface area contributed by atoms with Crippen molar-refractivity contribution in [3.8, 4) is 22.9 Å². The summed E-state index contributed by atoms with van der Waals surface area (Å²) in [7, 11) is 0. The Kier molecular flexibility index (Phi) is 3.99. The number of rotatable bonds is 3. The average molecular weight is 352 g/mol. The molecule has 0 bridgehead atoms. The van der Waals surface area contributed by atoms with Gasteiger partial charge < -0.3 is 4.74 Å². The maximum absolute atomic E-state index is 13.3. The highest BCUT2D eigenvalue weighted by Crippen LogP contribution is 2.27. The second kappa shape index (κ2) is 6.45. The zero-order valence-corrected chi connectivity index (χ0v) is 13.6. The van der Waals surface area contributed by atoms with E-state index >= 15 is 0 Å². The predicted octanol–water partition coefficient (Wildman–Crippen LogP) is 5.28. The molecule has 122 valence electrons. The first-order valence-electron chi connectivity index (χ1n) is 7.49. The Bertz CT molecular complexity index is 1070. The van der Waals surface area contributed by atoms with Crippen molar-refractivity contribution in [3.63, 3.8) is 0 Å². The van der Waals surface area contributed by atoms with Crippen LogP contribution in [0.4, 0.5) is 4.39 Å². The highest BCUT2D eigenvalue weighted by molar-refractivity contribution is 6.31. The molecule has 0 aliphatic rings. The predicted molar refractivity (Wildman–Crippen MR) is 94.3 cm³/mol. The molecule has 0 fully saturated rings. The van der Waals surface area contributed by atoms with Gasteiger partial charge in [0.1, 0.15) is 17.9 Å². The summed E-state index contributed by atoms with van der Waals surface area (Å²) in [5.41, 5.74) is 2.10. The standard InChI is InChI=1S/C19H11ClFN3O/c20-15-8-13(4-6-16(15)21)18-10-19(24-11-23-18)25-14-5-3-12-2-1-7-22-17(12)9-14/h1-11H. The average Bonchev–Trinajstić information content (AvgIpc) is 2.64. The topological polar surface area (TPSA) is 47.9 Å². The number of fused-ring (bicyclic) bond motifs is 1. The van der Waals surface area contributed by atoms with Gasteiger partial charge in [-0.25, -0.2) is 14.4 Å². The highest BCUT2D eigenvalue weighted by Gasteiger charge is 2.07. The summed E-state index contributed by atoms with van der Waals surface area (Å²) in [4.78, 5) is 12.6. The van der Waals surface area contributed by atoms with E-state index in [-0.39, 0.29) is 5.02 Å². The number of halogens is 2. The fraction of sp³-hybridized carbons (Fsp3) is 0. The second-order valence-corrected chi connectivity index (χ2v) is 5.74. The molecule has 25 heavy (non-hydrogen) atoms. The van der Waals surface area contributed by atoms with Crippen LogP contribution < -0.4 is 4.74 Å². The Labute approximate surface area is 147 Å². The largest absolute Gasteiger partial charge is 0.439 e. The SMILES string of the molecule is Fc1ccc(-c2cc(Oc3ccc4cccnc4c3)ncn2)cc1Cl. The molecule has 0 amide bonds. The summed E-state index contributed by atoms with van der Waals surface area (Å²) in [6.45, 7) is 0. The number of benzene rings is 2. The Hall–Kier alpha value is -3.05. The number of aromatic nitrogens is 3. The molecule has 4 rings (SSSR count). The molecule has 0 saturated carbocycles. The van der Waals surface area contributed by atoms with Gasteiger partial charge in [-0.2, -0.15) is 0 Å². The lowest BCUT2D eigenvalue weighted by Gasteiger charge is -2.07. The first kappa shape index (κ1) is 15.5. The number of hydrogen-bond acceptors (Lipinski definition) is 4. The molecule has 2 aromatic heterocycles. The van der Waals surface area contributed by atoms with E-state index in [1.165, 1.54) is 18.5 Å². The lowest BCUT2D eigenvalue weighted by atomic mass is 10.1. The van der Waals surface area contributed by atoms with E-state index in [1.807, 2.05) is 30.3 Å². The Balaban J connectivity index is 1.65. The van der Waals surface area contributed by atoms with Crippen molar-refractivity contribution >= 4 is 22.5 Å². The third kappa shape index (κ3) is 3.27. The molecule has 0 atom stereocenters. The van der Waals surface area contributed by atoms with Crippen LogP contribution in [0.5, 0.6) is 11.6 Å². The van der Waals surface area contributed by atoms with Crippen molar-refractivity contribution in [2.75, 3.05) is 0 Å². The van der Waals surface area contributed by atoms with Crippen LogP contribution in [0.15, 0.2) is 67.1 Å². The lowest BCUT2D eigenvalue weighted by molar-refractivity contribution is 0.462. The Morgan fingerprint density at radius 3 is 2.72 bits per heavy atom. The third-order valence-corrected chi connectivity index (χ3v) is 3.95. The van der Waals surface area contributed by atoms with Crippen molar-refractivity contribution < 1.29 is 9.13 Å². The van der Waals surface area contributed by atoms with Gasteiger partial charge in [0, 0.05) is 29.3 Å². The number of hydrogen-bond donors (Lipinski definition) is 0. The van der Waals surface area contributed by atoms with E-state index in [2.05, 4.69) is 15.0 Å². The zero-order valence-electron chi connectivity index (χ0n) is 12.9. The molecular formula is C19H11ClFN3O. The number of ether oxygens (including phenoxy) is 1. The molecule has 4 aromatic rings. The molecule has 0 saturated heterocycles. The first-order chi connectivity index (χ1) is 12.2. The van der Waals surface area contributed by atoms with E-state index in [4.69, 9.17) is 16.3 Å². The number of pyridine rings is 1. The van der Waals surface area contributed by atoms with Crippen LogP contribution in [0.2, 0.25) is 5.02 Å². The molecular weight excluding hydrogens is 341 g/mol. The van der Waals surface area contributed by atoms with Gasteiger partial charge in [-0.3, -0.25) is 4.98 Å². The van der Waals surface area contributed by atoms with Gasteiger partial charge in [0.25, 0.3) is 0 Å². The second-order valence-electron chi connectivity index (χ2n) is 5.33. The molecule has 2 heterocycles. The summed E-state index contributed by atoms with van der Waals surface area (Å²) in [5, 5.41) is 1.07. The molecule has 0 radical (unpaired) electrons. The van der Waals surface area contributed by atoms with Crippen molar-refractivity contribution in [1.29, 1.82) is 0 Å². The quantitative estimate of drug-likeness (QED) is 0.504. The van der Waals surface area contributed by atoms with E-state index < -0.39 is 5.82 Å². The van der Waals surface area contributed by atoms with E-state index in [0.717, 1.165) is 10.9 Å². The van der Waals surface area contributed by atoms with Crippen molar-refractivity contribution in [3.05, 3.63) is 78.0 Å². The van der Waals surface area contributed by atoms with Gasteiger partial charge in [-0.1, -0.05) is 17.7 Å². The normalized spacial score (nSPS) is 10.8. The minimum Gasteiger partial charge on any atom is -0.439 e. The van der Waals surface area contributed by atoms with Crippen LogP contribution in [-0.2, 0) is 0 Å². The van der Waals surface area contributed by atoms with Crippen LogP contribution in [0, 0.1) is 5.82 Å². The smallest absolute Gasteiger partial charge is 0.222 e. The van der Waals surface area contributed by atoms with Crippen LogP contribution in [0.3, 0.4) is 0 Å². The molecule has 4 nitrogen and oxygen atoms in total. The highest BCUT2D eigenvalue weighted by atomic mass is 35.5. The number of nitrogens with zero attached hydrogens (tertiary/aromatic N) is 3. The van der Waals surface area contributed by atoms with Gasteiger partial charge in [-0.15, -0.1) is 0 Å². The van der Waals surface area contributed by atoms with Gasteiger partial charge in [0.2, 0.25) is 5.88 Å². The van der Waals surface area contributed by atoms with Crippen LogP contribution in [0.25, 0.3) is 22.2 Å². The van der Waals surface area contributed by atoms with Gasteiger partial charge in [0.15, 0.2) is 0 Å². The van der Waals surface area contributed by atoms with Gasteiger partial charge in [0.05, 0.1) is 16.2 Å².